The second-order valence-electron chi connectivity index (χ2n) is 5.22. The number of benzene rings is 2. The lowest BCUT2D eigenvalue weighted by atomic mass is 10.1. The number of sulfonamides is 1. The molecule has 0 aliphatic rings. The standard InChI is InChI=1S/C17H21NO2S/c1-3-4-5-15-8-10-16(11-9-15)18-21(19,20)17-12-6-14(2)7-13-17/h6-13,18H,3-5H2,1-2H3. The fourth-order valence-electron chi connectivity index (χ4n) is 2.05. The predicted molar refractivity (Wildman–Crippen MR) is 87.0 cm³/mol. The highest BCUT2D eigenvalue weighted by molar-refractivity contribution is 7.92. The zero-order chi connectivity index (χ0) is 15.3. The minimum absolute atomic E-state index is 0.281. The number of unbranched alkanes of at least 4 members (excludes halogenated alkanes) is 1. The van der Waals surface area contributed by atoms with Crippen molar-refractivity contribution >= 4 is 15.7 Å². The van der Waals surface area contributed by atoms with E-state index in [0.29, 0.717) is 5.69 Å². The molecule has 21 heavy (non-hydrogen) atoms. The Kier molecular flexibility index (Phi) is 5.02. The Labute approximate surface area is 127 Å². The largest absolute Gasteiger partial charge is 0.280 e. The Hall–Kier alpha value is -1.81. The molecule has 2 aromatic rings. The number of aryl methyl sites for hydroxylation is 2. The van der Waals surface area contributed by atoms with Crippen LogP contribution >= 0.6 is 0 Å². The van der Waals surface area contributed by atoms with Crippen molar-refractivity contribution in [2.24, 2.45) is 0 Å². The Morgan fingerprint density at radius 3 is 2.14 bits per heavy atom. The predicted octanol–water partition coefficient (Wildman–Crippen LogP) is 4.14. The van der Waals surface area contributed by atoms with E-state index < -0.39 is 10.0 Å². The summed E-state index contributed by atoms with van der Waals surface area (Å²) < 4.78 is 27.1. The zero-order valence-electron chi connectivity index (χ0n) is 12.5. The molecule has 0 bridgehead atoms. The minimum atomic E-state index is -3.51. The lowest BCUT2D eigenvalue weighted by Crippen LogP contribution is -2.12. The van der Waals surface area contributed by atoms with Crippen LogP contribution in [0.15, 0.2) is 53.4 Å². The third-order valence-electron chi connectivity index (χ3n) is 3.36. The number of hydrogen-bond donors (Lipinski definition) is 1. The molecule has 0 aromatic heterocycles. The van der Waals surface area contributed by atoms with Crippen LogP contribution in [0, 0.1) is 6.92 Å². The van der Waals surface area contributed by atoms with E-state index >= 15 is 0 Å². The van der Waals surface area contributed by atoms with Crippen LogP contribution in [-0.2, 0) is 16.4 Å². The summed E-state index contributed by atoms with van der Waals surface area (Å²) in [6.07, 6.45) is 3.33. The van der Waals surface area contributed by atoms with Gasteiger partial charge in [-0.3, -0.25) is 4.72 Å². The van der Waals surface area contributed by atoms with E-state index in [0.717, 1.165) is 24.8 Å². The molecule has 112 valence electrons. The first-order chi connectivity index (χ1) is 10.0. The molecule has 4 heteroatoms. The second kappa shape index (κ2) is 6.76. The molecule has 0 aliphatic heterocycles. The van der Waals surface area contributed by atoms with Gasteiger partial charge in [0.2, 0.25) is 0 Å². The van der Waals surface area contributed by atoms with Crippen molar-refractivity contribution in [2.45, 2.75) is 38.0 Å². The molecule has 0 spiro atoms. The van der Waals surface area contributed by atoms with Gasteiger partial charge in [0.1, 0.15) is 0 Å². The van der Waals surface area contributed by atoms with Gasteiger partial charge in [0.25, 0.3) is 10.0 Å². The van der Waals surface area contributed by atoms with Crippen molar-refractivity contribution in [3.8, 4) is 0 Å². The van der Waals surface area contributed by atoms with E-state index in [4.69, 9.17) is 0 Å². The lowest BCUT2D eigenvalue weighted by molar-refractivity contribution is 0.601. The third-order valence-corrected chi connectivity index (χ3v) is 4.75. The summed E-state index contributed by atoms with van der Waals surface area (Å²) in [5.74, 6) is 0. The maximum absolute atomic E-state index is 12.3. The van der Waals surface area contributed by atoms with E-state index in [1.807, 2.05) is 31.2 Å². The van der Waals surface area contributed by atoms with Gasteiger partial charge in [-0.1, -0.05) is 43.2 Å². The first kappa shape index (κ1) is 15.6. The topological polar surface area (TPSA) is 46.2 Å². The molecule has 0 aliphatic carbocycles. The van der Waals surface area contributed by atoms with Crippen LogP contribution in [0.4, 0.5) is 5.69 Å². The van der Waals surface area contributed by atoms with Crippen molar-refractivity contribution in [1.29, 1.82) is 0 Å². The fraction of sp³-hybridized carbons (Fsp3) is 0.294. The van der Waals surface area contributed by atoms with Gasteiger partial charge >= 0.3 is 0 Å². The molecular weight excluding hydrogens is 282 g/mol. The van der Waals surface area contributed by atoms with Gasteiger partial charge < -0.3 is 0 Å². The summed E-state index contributed by atoms with van der Waals surface area (Å²) in [6.45, 7) is 4.09. The molecule has 2 rings (SSSR count). The molecule has 2 aromatic carbocycles. The van der Waals surface area contributed by atoms with Crippen LogP contribution in [0.2, 0.25) is 0 Å². The van der Waals surface area contributed by atoms with Crippen molar-refractivity contribution in [2.75, 3.05) is 4.72 Å². The van der Waals surface area contributed by atoms with Gasteiger partial charge in [-0.15, -0.1) is 0 Å². The molecule has 0 unspecified atom stereocenters. The Morgan fingerprint density at radius 1 is 0.952 bits per heavy atom. The van der Waals surface area contributed by atoms with Crippen LogP contribution < -0.4 is 4.72 Å². The highest BCUT2D eigenvalue weighted by Gasteiger charge is 2.13. The highest BCUT2D eigenvalue weighted by Crippen LogP contribution is 2.17. The fourth-order valence-corrected chi connectivity index (χ4v) is 3.11. The van der Waals surface area contributed by atoms with Gasteiger partial charge in [-0.05, 0) is 49.6 Å². The average molecular weight is 303 g/mol. The summed E-state index contributed by atoms with van der Waals surface area (Å²) in [5, 5.41) is 0. The summed E-state index contributed by atoms with van der Waals surface area (Å²) in [5.41, 5.74) is 2.86. The van der Waals surface area contributed by atoms with Crippen LogP contribution in [0.25, 0.3) is 0 Å². The zero-order valence-corrected chi connectivity index (χ0v) is 13.3. The monoisotopic (exact) mass is 303 g/mol. The number of anilines is 1. The molecule has 0 heterocycles. The SMILES string of the molecule is CCCCc1ccc(NS(=O)(=O)c2ccc(C)cc2)cc1. The highest BCUT2D eigenvalue weighted by atomic mass is 32.2. The van der Waals surface area contributed by atoms with Crippen LogP contribution in [0.5, 0.6) is 0 Å². The summed E-state index contributed by atoms with van der Waals surface area (Å²) in [7, 11) is -3.51. The molecule has 0 saturated heterocycles. The van der Waals surface area contributed by atoms with Gasteiger partial charge in [-0.25, -0.2) is 8.42 Å². The molecule has 0 fully saturated rings. The van der Waals surface area contributed by atoms with Crippen molar-refractivity contribution in [3.05, 3.63) is 59.7 Å². The van der Waals surface area contributed by atoms with Crippen molar-refractivity contribution in [1.82, 2.24) is 0 Å². The minimum Gasteiger partial charge on any atom is -0.280 e. The maximum Gasteiger partial charge on any atom is 0.261 e. The Bertz CT molecular complexity index is 674. The van der Waals surface area contributed by atoms with Crippen LogP contribution in [0.1, 0.15) is 30.9 Å². The number of hydrogen-bond acceptors (Lipinski definition) is 2. The Balaban J connectivity index is 2.11. The van der Waals surface area contributed by atoms with E-state index in [2.05, 4.69) is 11.6 Å². The number of rotatable bonds is 6. The lowest BCUT2D eigenvalue weighted by Gasteiger charge is -2.09. The summed E-state index contributed by atoms with van der Waals surface area (Å²) in [4.78, 5) is 0.281. The smallest absolute Gasteiger partial charge is 0.261 e. The molecular formula is C17H21NO2S. The number of nitrogens with one attached hydrogen (secondary N) is 1. The van der Waals surface area contributed by atoms with Gasteiger partial charge in [0.15, 0.2) is 0 Å². The Morgan fingerprint density at radius 2 is 1.57 bits per heavy atom. The molecule has 0 amide bonds. The summed E-state index contributed by atoms with van der Waals surface area (Å²) >= 11 is 0. The van der Waals surface area contributed by atoms with Gasteiger partial charge in [0, 0.05) is 5.69 Å². The van der Waals surface area contributed by atoms with E-state index in [1.54, 1.807) is 24.3 Å². The van der Waals surface area contributed by atoms with Crippen molar-refractivity contribution in [3.63, 3.8) is 0 Å². The van der Waals surface area contributed by atoms with Crippen LogP contribution in [0.3, 0.4) is 0 Å². The second-order valence-corrected chi connectivity index (χ2v) is 6.90. The maximum atomic E-state index is 12.3. The normalized spacial score (nSPS) is 11.3. The van der Waals surface area contributed by atoms with Crippen LogP contribution in [-0.4, -0.2) is 8.42 Å². The third kappa shape index (κ3) is 4.33. The molecule has 3 nitrogen and oxygen atoms in total. The summed E-state index contributed by atoms with van der Waals surface area (Å²) in [6, 6.07) is 14.4. The van der Waals surface area contributed by atoms with Gasteiger partial charge in [0.05, 0.1) is 4.90 Å². The quantitative estimate of drug-likeness (QED) is 0.872. The van der Waals surface area contributed by atoms with E-state index in [9.17, 15) is 8.42 Å². The van der Waals surface area contributed by atoms with Crippen molar-refractivity contribution < 1.29 is 8.42 Å². The average Bonchev–Trinajstić information content (AvgIpc) is 2.47. The van der Waals surface area contributed by atoms with E-state index in [-0.39, 0.29) is 4.90 Å². The molecule has 0 saturated carbocycles. The molecule has 0 atom stereocenters. The van der Waals surface area contributed by atoms with Gasteiger partial charge in [-0.2, -0.15) is 0 Å². The van der Waals surface area contributed by atoms with E-state index in [1.165, 1.54) is 5.56 Å². The molecule has 0 radical (unpaired) electrons. The first-order valence-electron chi connectivity index (χ1n) is 7.19. The first-order valence-corrected chi connectivity index (χ1v) is 8.68. The molecule has 1 N–H and O–H groups in total.